The summed E-state index contributed by atoms with van der Waals surface area (Å²) in [7, 11) is 0. The highest BCUT2D eigenvalue weighted by Gasteiger charge is 2.18. The summed E-state index contributed by atoms with van der Waals surface area (Å²) < 4.78 is 0. The van der Waals surface area contributed by atoms with Gasteiger partial charge >= 0.3 is 0 Å². The maximum Gasteiger partial charge on any atom is 0.0409 e. The Bertz CT molecular complexity index is 522. The molecule has 1 aliphatic rings. The molecule has 1 atom stereocenters. The average Bonchev–Trinajstić information content (AvgIpc) is 2.39. The zero-order valence-corrected chi connectivity index (χ0v) is 10.2. The van der Waals surface area contributed by atoms with Gasteiger partial charge in [-0.1, -0.05) is 48.0 Å². The van der Waals surface area contributed by atoms with E-state index in [2.05, 4.69) is 47.8 Å². The lowest BCUT2D eigenvalue weighted by Crippen LogP contribution is -2.28. The Labute approximate surface area is 106 Å². The van der Waals surface area contributed by atoms with Gasteiger partial charge in [0.2, 0.25) is 0 Å². The first kappa shape index (κ1) is 10.8. The summed E-state index contributed by atoms with van der Waals surface area (Å²) in [5, 5.41) is 4.38. The van der Waals surface area contributed by atoms with Crippen LogP contribution in [0.1, 0.15) is 22.7 Å². The Balaban J connectivity index is 1.88. The predicted octanol–water partition coefficient (Wildman–Crippen LogP) is 3.73. The molecule has 3 rings (SSSR count). The van der Waals surface area contributed by atoms with Gasteiger partial charge in [0.15, 0.2) is 0 Å². The smallest absolute Gasteiger partial charge is 0.0409 e. The van der Waals surface area contributed by atoms with Crippen LogP contribution in [0.2, 0.25) is 5.02 Å². The minimum Gasteiger partial charge on any atom is -0.306 e. The fourth-order valence-electron chi connectivity index (χ4n) is 2.40. The van der Waals surface area contributed by atoms with Crippen molar-refractivity contribution in [2.75, 3.05) is 0 Å². The van der Waals surface area contributed by atoms with Crippen LogP contribution in [0.3, 0.4) is 0 Å². The molecule has 0 spiro atoms. The molecule has 0 unspecified atom stereocenters. The topological polar surface area (TPSA) is 12.0 Å². The number of nitrogens with one attached hydrogen (secondary N) is 1. The monoisotopic (exact) mass is 243 g/mol. The zero-order chi connectivity index (χ0) is 11.7. The highest BCUT2D eigenvalue weighted by Crippen LogP contribution is 2.27. The highest BCUT2D eigenvalue weighted by atomic mass is 35.5. The first-order chi connectivity index (χ1) is 8.33. The van der Waals surface area contributed by atoms with Crippen LogP contribution in [0.15, 0.2) is 48.5 Å². The van der Waals surface area contributed by atoms with Gasteiger partial charge in [-0.2, -0.15) is 0 Å². The highest BCUT2D eigenvalue weighted by molar-refractivity contribution is 6.30. The Morgan fingerprint density at radius 3 is 2.65 bits per heavy atom. The van der Waals surface area contributed by atoms with Crippen molar-refractivity contribution in [3.8, 4) is 0 Å². The largest absolute Gasteiger partial charge is 0.306 e. The summed E-state index contributed by atoms with van der Waals surface area (Å²) in [6.45, 7) is 0.898. The van der Waals surface area contributed by atoms with E-state index in [4.69, 9.17) is 11.6 Å². The Morgan fingerprint density at radius 1 is 1.00 bits per heavy atom. The van der Waals surface area contributed by atoms with Crippen molar-refractivity contribution < 1.29 is 0 Å². The lowest BCUT2D eigenvalue weighted by Gasteiger charge is -2.26. The molecule has 0 saturated carbocycles. The molecule has 0 fully saturated rings. The van der Waals surface area contributed by atoms with Crippen LogP contribution >= 0.6 is 11.6 Å². The van der Waals surface area contributed by atoms with E-state index in [0.29, 0.717) is 6.04 Å². The molecule has 1 heterocycles. The van der Waals surface area contributed by atoms with Gasteiger partial charge in [0.05, 0.1) is 0 Å². The van der Waals surface area contributed by atoms with Gasteiger partial charge in [-0.3, -0.25) is 0 Å². The number of benzene rings is 2. The number of fused-ring (bicyclic) bond motifs is 1. The van der Waals surface area contributed by atoms with Crippen LogP contribution in [0.25, 0.3) is 0 Å². The second-order valence-corrected chi connectivity index (χ2v) is 4.90. The SMILES string of the molecule is Clc1ccc2c(c1)CN[C@@H](c1ccccc1)C2. The van der Waals surface area contributed by atoms with Gasteiger partial charge in [0.1, 0.15) is 0 Å². The minimum absolute atomic E-state index is 0.421. The van der Waals surface area contributed by atoms with Crippen molar-refractivity contribution in [1.29, 1.82) is 0 Å². The normalized spacial score (nSPS) is 18.8. The fraction of sp³-hybridized carbons (Fsp3) is 0.200. The zero-order valence-electron chi connectivity index (χ0n) is 9.49. The molecular weight excluding hydrogens is 230 g/mol. The van der Waals surface area contributed by atoms with Crippen LogP contribution in [0, 0.1) is 0 Å². The first-order valence-electron chi connectivity index (χ1n) is 5.88. The van der Waals surface area contributed by atoms with E-state index in [1.54, 1.807) is 0 Å². The molecule has 0 saturated heterocycles. The summed E-state index contributed by atoms with van der Waals surface area (Å²) in [5.41, 5.74) is 4.08. The molecule has 17 heavy (non-hydrogen) atoms. The molecule has 0 aromatic heterocycles. The third-order valence-corrected chi connectivity index (χ3v) is 3.57. The van der Waals surface area contributed by atoms with Crippen molar-refractivity contribution in [2.24, 2.45) is 0 Å². The molecule has 2 heteroatoms. The van der Waals surface area contributed by atoms with Crippen LogP contribution in [-0.2, 0) is 13.0 Å². The fourth-order valence-corrected chi connectivity index (χ4v) is 2.60. The van der Waals surface area contributed by atoms with Crippen LogP contribution in [0.4, 0.5) is 0 Å². The van der Waals surface area contributed by atoms with E-state index in [0.717, 1.165) is 18.0 Å². The number of hydrogen-bond acceptors (Lipinski definition) is 1. The standard InChI is InChI=1S/C15H14ClN/c16-14-7-6-12-9-15(17-10-13(12)8-14)11-4-2-1-3-5-11/h1-8,15,17H,9-10H2/t15-/m1/s1. The van der Waals surface area contributed by atoms with E-state index in [9.17, 15) is 0 Å². The lowest BCUT2D eigenvalue weighted by atomic mass is 9.92. The number of halogens is 1. The summed E-state index contributed by atoms with van der Waals surface area (Å²) in [6.07, 6.45) is 1.04. The van der Waals surface area contributed by atoms with E-state index in [-0.39, 0.29) is 0 Å². The average molecular weight is 244 g/mol. The summed E-state index contributed by atoms with van der Waals surface area (Å²) >= 11 is 6.00. The molecule has 0 bridgehead atoms. The van der Waals surface area contributed by atoms with Crippen molar-refractivity contribution in [3.05, 3.63) is 70.2 Å². The molecule has 1 N–H and O–H groups in total. The lowest BCUT2D eigenvalue weighted by molar-refractivity contribution is 0.499. The molecule has 2 aromatic carbocycles. The van der Waals surface area contributed by atoms with Crippen molar-refractivity contribution in [2.45, 2.75) is 19.0 Å². The van der Waals surface area contributed by atoms with Crippen LogP contribution < -0.4 is 5.32 Å². The van der Waals surface area contributed by atoms with Gasteiger partial charge < -0.3 is 5.32 Å². The maximum absolute atomic E-state index is 6.00. The Hall–Kier alpha value is -1.31. The van der Waals surface area contributed by atoms with Gasteiger partial charge in [0, 0.05) is 17.6 Å². The van der Waals surface area contributed by atoms with E-state index in [1.807, 2.05) is 6.07 Å². The predicted molar refractivity (Wildman–Crippen MR) is 71.2 cm³/mol. The van der Waals surface area contributed by atoms with Gasteiger partial charge in [-0.25, -0.2) is 0 Å². The number of hydrogen-bond donors (Lipinski definition) is 1. The Kier molecular flexibility index (Phi) is 2.87. The van der Waals surface area contributed by atoms with E-state index < -0.39 is 0 Å². The molecule has 2 aromatic rings. The Morgan fingerprint density at radius 2 is 1.82 bits per heavy atom. The van der Waals surface area contributed by atoms with Gasteiger partial charge in [0.25, 0.3) is 0 Å². The van der Waals surface area contributed by atoms with Crippen LogP contribution in [0.5, 0.6) is 0 Å². The molecule has 0 radical (unpaired) electrons. The first-order valence-corrected chi connectivity index (χ1v) is 6.26. The van der Waals surface area contributed by atoms with Crippen molar-refractivity contribution in [1.82, 2.24) is 5.32 Å². The van der Waals surface area contributed by atoms with Crippen molar-refractivity contribution in [3.63, 3.8) is 0 Å². The molecule has 86 valence electrons. The summed E-state index contributed by atoms with van der Waals surface area (Å²) in [6, 6.07) is 17.2. The second-order valence-electron chi connectivity index (χ2n) is 4.46. The van der Waals surface area contributed by atoms with Crippen LogP contribution in [-0.4, -0.2) is 0 Å². The molecule has 0 amide bonds. The quantitative estimate of drug-likeness (QED) is 0.805. The molecule has 1 aliphatic heterocycles. The minimum atomic E-state index is 0.421. The molecule has 0 aliphatic carbocycles. The van der Waals surface area contributed by atoms with E-state index in [1.165, 1.54) is 16.7 Å². The van der Waals surface area contributed by atoms with Crippen molar-refractivity contribution >= 4 is 11.6 Å². The van der Waals surface area contributed by atoms with Gasteiger partial charge in [-0.15, -0.1) is 0 Å². The maximum atomic E-state index is 6.00. The molecule has 1 nitrogen and oxygen atoms in total. The molecular formula is C15H14ClN. The third kappa shape index (κ3) is 2.21. The summed E-state index contributed by atoms with van der Waals surface area (Å²) in [4.78, 5) is 0. The number of rotatable bonds is 1. The second kappa shape index (κ2) is 4.52. The third-order valence-electron chi connectivity index (χ3n) is 3.33. The van der Waals surface area contributed by atoms with Gasteiger partial charge in [-0.05, 0) is 35.2 Å². The summed E-state index contributed by atoms with van der Waals surface area (Å²) in [5.74, 6) is 0. The van der Waals surface area contributed by atoms with E-state index >= 15 is 0 Å².